The van der Waals surface area contributed by atoms with Crippen molar-refractivity contribution in [1.82, 2.24) is 0 Å². The first-order valence-electron chi connectivity index (χ1n) is 9.40. The fourth-order valence-corrected chi connectivity index (χ4v) is 3.89. The van der Waals surface area contributed by atoms with Gasteiger partial charge in [0.2, 0.25) is 0 Å². The number of nitriles is 1. The lowest BCUT2D eigenvalue weighted by atomic mass is 9.98. The number of hydrogen-bond acceptors (Lipinski definition) is 2. The van der Waals surface area contributed by atoms with Gasteiger partial charge in [-0.3, -0.25) is 4.79 Å². The average molecular weight is 524 g/mol. The van der Waals surface area contributed by atoms with Crippen molar-refractivity contribution in [3.05, 3.63) is 103 Å². The molecule has 3 aromatic rings. The molecule has 0 aliphatic carbocycles. The number of benzene rings is 3. The monoisotopic (exact) mass is 522 g/mol. The zero-order valence-corrected chi connectivity index (χ0v) is 19.8. The topological polar surface area (TPSA) is 52.9 Å². The number of anilines is 1. The van der Waals surface area contributed by atoms with Crippen LogP contribution in [0.4, 0.5) is 5.69 Å². The van der Waals surface area contributed by atoms with Crippen molar-refractivity contribution in [3.8, 4) is 6.07 Å². The van der Waals surface area contributed by atoms with Crippen LogP contribution in [0.25, 0.3) is 6.08 Å². The van der Waals surface area contributed by atoms with Crippen molar-refractivity contribution in [1.29, 1.82) is 5.26 Å². The second-order valence-electron chi connectivity index (χ2n) is 6.98. The van der Waals surface area contributed by atoms with E-state index in [-0.39, 0.29) is 5.57 Å². The first kappa shape index (κ1) is 22.0. The number of carbonyl (C=O) groups is 1. The summed E-state index contributed by atoms with van der Waals surface area (Å²) in [5.41, 5.74) is 5.82. The minimum Gasteiger partial charge on any atom is -0.321 e. The van der Waals surface area contributed by atoms with Gasteiger partial charge in [0.15, 0.2) is 0 Å². The summed E-state index contributed by atoms with van der Waals surface area (Å²) in [5.74, 6) is -0.419. The molecule has 0 spiro atoms. The third-order valence-corrected chi connectivity index (χ3v) is 6.23. The van der Waals surface area contributed by atoms with Crippen molar-refractivity contribution in [3.63, 3.8) is 0 Å². The van der Waals surface area contributed by atoms with Crippen LogP contribution in [-0.2, 0) is 11.2 Å². The van der Waals surface area contributed by atoms with E-state index in [1.807, 2.05) is 68.4 Å². The molecule has 0 aromatic heterocycles. The molecule has 3 aromatic carbocycles. The molecular formula is C25H20Br2N2O. The molecule has 0 heterocycles. The molecule has 0 aliphatic rings. The number of hydrogen-bond donors (Lipinski definition) is 1. The van der Waals surface area contributed by atoms with Gasteiger partial charge < -0.3 is 5.32 Å². The van der Waals surface area contributed by atoms with E-state index in [0.29, 0.717) is 12.1 Å². The highest BCUT2D eigenvalue weighted by atomic mass is 79.9. The van der Waals surface area contributed by atoms with Gasteiger partial charge in [0.1, 0.15) is 11.6 Å². The number of aryl methyl sites for hydroxylation is 1. The molecule has 1 N–H and O–H groups in total. The highest BCUT2D eigenvalue weighted by molar-refractivity contribution is 9.10. The van der Waals surface area contributed by atoms with Crippen LogP contribution >= 0.6 is 31.9 Å². The van der Waals surface area contributed by atoms with Crippen LogP contribution in [0.3, 0.4) is 0 Å². The normalized spacial score (nSPS) is 11.1. The van der Waals surface area contributed by atoms with Crippen LogP contribution in [0.2, 0.25) is 0 Å². The lowest BCUT2D eigenvalue weighted by Crippen LogP contribution is -2.14. The van der Waals surface area contributed by atoms with Crippen LogP contribution < -0.4 is 5.32 Å². The number of halogens is 2. The summed E-state index contributed by atoms with van der Waals surface area (Å²) in [6.45, 7) is 3.94. The minimum atomic E-state index is -0.419. The van der Waals surface area contributed by atoms with Gasteiger partial charge in [0.25, 0.3) is 5.91 Å². The van der Waals surface area contributed by atoms with Gasteiger partial charge in [-0.15, -0.1) is 0 Å². The predicted octanol–water partition coefficient (Wildman–Crippen LogP) is 6.96. The molecule has 30 heavy (non-hydrogen) atoms. The predicted molar refractivity (Wildman–Crippen MR) is 129 cm³/mol. The lowest BCUT2D eigenvalue weighted by Gasteiger charge is -2.11. The number of amides is 1. The van der Waals surface area contributed by atoms with Gasteiger partial charge in [0, 0.05) is 14.6 Å². The molecule has 3 nitrogen and oxygen atoms in total. The SMILES string of the molecule is Cc1cccc(NC(=O)/C(C#N)=C/c2cc(Br)ccc2Cc2ccccc2Br)c1C. The Hall–Kier alpha value is -2.68. The zero-order valence-electron chi connectivity index (χ0n) is 16.7. The maximum atomic E-state index is 12.8. The minimum absolute atomic E-state index is 0.0578. The van der Waals surface area contributed by atoms with Gasteiger partial charge >= 0.3 is 0 Å². The fraction of sp³-hybridized carbons (Fsp3) is 0.120. The molecule has 150 valence electrons. The molecule has 3 rings (SSSR count). The van der Waals surface area contributed by atoms with E-state index in [9.17, 15) is 10.1 Å². The maximum Gasteiger partial charge on any atom is 0.266 e. The molecule has 0 radical (unpaired) electrons. The molecule has 0 aliphatic heterocycles. The van der Waals surface area contributed by atoms with Gasteiger partial charge in [-0.1, -0.05) is 68.3 Å². The summed E-state index contributed by atoms with van der Waals surface area (Å²) >= 11 is 7.08. The Morgan fingerprint density at radius 3 is 2.53 bits per heavy atom. The fourth-order valence-electron chi connectivity index (χ4n) is 3.09. The standard InChI is InChI=1S/C25H20Br2N2O/c1-16-6-5-9-24(17(16)2)29-25(30)21(15-28)13-20-14-22(26)11-10-18(20)12-19-7-3-4-8-23(19)27/h3-11,13-14H,12H2,1-2H3,(H,29,30)/b21-13+. The maximum absolute atomic E-state index is 12.8. The van der Waals surface area contributed by atoms with Crippen LogP contribution in [0.1, 0.15) is 27.8 Å². The van der Waals surface area contributed by atoms with Gasteiger partial charge in [-0.25, -0.2) is 0 Å². The Morgan fingerprint density at radius 1 is 1.03 bits per heavy atom. The summed E-state index contributed by atoms with van der Waals surface area (Å²) in [5, 5.41) is 12.5. The van der Waals surface area contributed by atoms with Gasteiger partial charge in [-0.2, -0.15) is 5.26 Å². The molecule has 0 saturated heterocycles. The molecule has 0 bridgehead atoms. The zero-order chi connectivity index (χ0) is 21.7. The van der Waals surface area contributed by atoms with Gasteiger partial charge in [-0.05, 0) is 78.4 Å². The Kier molecular flexibility index (Phi) is 7.25. The highest BCUT2D eigenvalue weighted by Gasteiger charge is 2.13. The van der Waals surface area contributed by atoms with Crippen LogP contribution in [0.5, 0.6) is 0 Å². The van der Waals surface area contributed by atoms with Crippen molar-refractivity contribution in [2.24, 2.45) is 0 Å². The summed E-state index contributed by atoms with van der Waals surface area (Å²) in [6.07, 6.45) is 2.33. The molecule has 0 saturated carbocycles. The van der Waals surface area contributed by atoms with E-state index in [0.717, 1.165) is 36.8 Å². The van der Waals surface area contributed by atoms with E-state index in [1.54, 1.807) is 6.08 Å². The third-order valence-electron chi connectivity index (χ3n) is 4.96. The van der Waals surface area contributed by atoms with Crippen molar-refractivity contribution < 1.29 is 4.79 Å². The molecular weight excluding hydrogens is 504 g/mol. The van der Waals surface area contributed by atoms with E-state index in [1.165, 1.54) is 0 Å². The Balaban J connectivity index is 1.94. The number of nitrogens with zero attached hydrogens (tertiary/aromatic N) is 1. The first-order valence-corrected chi connectivity index (χ1v) is 11.0. The van der Waals surface area contributed by atoms with Crippen LogP contribution in [0, 0.1) is 25.2 Å². The molecule has 0 fully saturated rings. The van der Waals surface area contributed by atoms with Crippen molar-refractivity contribution >= 4 is 49.5 Å². The Bertz CT molecular complexity index is 1180. The highest BCUT2D eigenvalue weighted by Crippen LogP contribution is 2.26. The molecule has 0 unspecified atom stereocenters. The van der Waals surface area contributed by atoms with E-state index in [2.05, 4.69) is 49.3 Å². The number of rotatable bonds is 5. The second kappa shape index (κ2) is 9.88. The average Bonchev–Trinajstić information content (AvgIpc) is 2.72. The largest absolute Gasteiger partial charge is 0.321 e. The first-order chi connectivity index (χ1) is 14.4. The molecule has 5 heteroatoms. The number of carbonyl (C=O) groups excluding carboxylic acids is 1. The summed E-state index contributed by atoms with van der Waals surface area (Å²) < 4.78 is 1.91. The van der Waals surface area contributed by atoms with E-state index >= 15 is 0 Å². The summed E-state index contributed by atoms with van der Waals surface area (Å²) in [7, 11) is 0. The smallest absolute Gasteiger partial charge is 0.266 e. The molecule has 0 atom stereocenters. The van der Waals surface area contributed by atoms with E-state index < -0.39 is 5.91 Å². The molecule has 1 amide bonds. The Morgan fingerprint density at radius 2 is 1.80 bits per heavy atom. The van der Waals surface area contributed by atoms with E-state index in [4.69, 9.17) is 0 Å². The van der Waals surface area contributed by atoms with Crippen LogP contribution in [-0.4, -0.2) is 5.91 Å². The number of nitrogens with one attached hydrogen (secondary N) is 1. The van der Waals surface area contributed by atoms with Gasteiger partial charge in [0.05, 0.1) is 0 Å². The Labute approximate surface area is 193 Å². The van der Waals surface area contributed by atoms with Crippen LogP contribution in [0.15, 0.2) is 75.2 Å². The summed E-state index contributed by atoms with van der Waals surface area (Å²) in [6, 6.07) is 21.7. The quantitative estimate of drug-likeness (QED) is 0.290. The summed E-state index contributed by atoms with van der Waals surface area (Å²) in [4.78, 5) is 12.8. The lowest BCUT2D eigenvalue weighted by molar-refractivity contribution is -0.112. The third kappa shape index (κ3) is 5.27. The second-order valence-corrected chi connectivity index (χ2v) is 8.75. The van der Waals surface area contributed by atoms with Crippen molar-refractivity contribution in [2.45, 2.75) is 20.3 Å². The van der Waals surface area contributed by atoms with Crippen molar-refractivity contribution in [2.75, 3.05) is 5.32 Å².